The molecular weight excluding hydrogens is 580 g/mol. The van der Waals surface area contributed by atoms with Crippen LogP contribution >= 0.6 is 0 Å². The lowest BCUT2D eigenvalue weighted by Crippen LogP contribution is -2.54. The Bertz CT molecular complexity index is 1060. The molecule has 2 fully saturated rings. The molecule has 5 atom stereocenters. The third-order valence-corrected chi connectivity index (χ3v) is 9.33. The number of likely N-dealkylation sites (tertiary alicyclic amines) is 1. The van der Waals surface area contributed by atoms with Gasteiger partial charge in [0.15, 0.2) is 0 Å². The molecule has 5 unspecified atom stereocenters. The van der Waals surface area contributed by atoms with Crippen molar-refractivity contribution in [3.8, 4) is 0 Å². The number of nitrogens with zero attached hydrogens (tertiary/aromatic N) is 1. The van der Waals surface area contributed by atoms with Crippen molar-refractivity contribution in [1.82, 2.24) is 20.9 Å². The van der Waals surface area contributed by atoms with Crippen molar-refractivity contribution in [1.29, 1.82) is 0 Å². The van der Waals surface area contributed by atoms with E-state index < -0.39 is 0 Å². The third-order valence-electron chi connectivity index (χ3n) is 9.33. The summed E-state index contributed by atoms with van der Waals surface area (Å²) in [6, 6.07) is 19.3. The minimum absolute atomic E-state index is 0.0752. The molecule has 7 nitrogen and oxygen atoms in total. The van der Waals surface area contributed by atoms with E-state index in [1.807, 2.05) is 31.2 Å². The van der Waals surface area contributed by atoms with Crippen LogP contribution in [0.25, 0.3) is 0 Å². The lowest BCUT2D eigenvalue weighted by molar-refractivity contribution is 0.0354. The number of rotatable bonds is 11. The maximum absolute atomic E-state index is 10.5. The van der Waals surface area contributed by atoms with Crippen LogP contribution < -0.4 is 27.0 Å². The number of nitrogens with two attached hydrogens (primary N) is 1. The Balaban J connectivity index is 0.000000545. The van der Waals surface area contributed by atoms with E-state index in [4.69, 9.17) is 5.73 Å². The quantitative estimate of drug-likeness (QED) is 0.132. The van der Waals surface area contributed by atoms with Crippen molar-refractivity contribution in [3.63, 3.8) is 0 Å². The Morgan fingerprint density at radius 2 is 1.55 bits per heavy atom. The van der Waals surface area contributed by atoms with Crippen LogP contribution in [0.15, 0.2) is 67.8 Å². The van der Waals surface area contributed by atoms with Gasteiger partial charge in [0.05, 0.1) is 12.1 Å². The number of aliphatic hydroxyl groups is 1. The number of hydrogen-bond acceptors (Lipinski definition) is 7. The van der Waals surface area contributed by atoms with E-state index in [2.05, 4.69) is 97.4 Å². The van der Waals surface area contributed by atoms with Gasteiger partial charge in [-0.3, -0.25) is 4.90 Å². The monoisotopic (exact) mass is 651 g/mol. The third kappa shape index (κ3) is 16.1. The van der Waals surface area contributed by atoms with Crippen LogP contribution in [0.5, 0.6) is 0 Å². The first-order valence-electron chi connectivity index (χ1n) is 18.3. The molecular formula is C40H70N6O. The number of hydrogen-bond donors (Lipinski definition) is 6. The SMILES string of the molecule is C=C.CC(C)(C)NCC1CC2CCCCC2CN1CCCNCCNCC1Nc2ccccc2CC1O.CCN.Cc1ccccc1. The van der Waals surface area contributed by atoms with Crippen LogP contribution in [0.3, 0.4) is 0 Å². The van der Waals surface area contributed by atoms with Gasteiger partial charge in [0.25, 0.3) is 0 Å². The summed E-state index contributed by atoms with van der Waals surface area (Å²) in [7, 11) is 0. The lowest BCUT2D eigenvalue weighted by atomic mass is 9.73. The fourth-order valence-electron chi connectivity index (χ4n) is 6.88. The molecule has 2 aromatic carbocycles. The Labute approximate surface area is 288 Å². The van der Waals surface area contributed by atoms with Crippen molar-refractivity contribution in [3.05, 3.63) is 78.9 Å². The van der Waals surface area contributed by atoms with Gasteiger partial charge < -0.3 is 32.1 Å². The van der Waals surface area contributed by atoms with Gasteiger partial charge in [-0.2, -0.15) is 0 Å². The Morgan fingerprint density at radius 1 is 0.915 bits per heavy atom. The van der Waals surface area contributed by atoms with E-state index in [0.29, 0.717) is 6.04 Å². The number of fused-ring (bicyclic) bond motifs is 2. The first-order chi connectivity index (χ1) is 22.7. The van der Waals surface area contributed by atoms with Gasteiger partial charge >= 0.3 is 0 Å². The molecule has 266 valence electrons. The van der Waals surface area contributed by atoms with E-state index in [0.717, 1.165) is 63.2 Å². The van der Waals surface area contributed by atoms with Crippen LogP contribution in [0, 0.1) is 18.8 Å². The normalized spacial score (nSPS) is 23.6. The van der Waals surface area contributed by atoms with Crippen molar-refractivity contribution < 1.29 is 5.11 Å². The zero-order valence-electron chi connectivity index (χ0n) is 30.6. The second-order valence-corrected chi connectivity index (χ2v) is 14.4. The highest BCUT2D eigenvalue weighted by Crippen LogP contribution is 2.38. The summed E-state index contributed by atoms with van der Waals surface area (Å²) >= 11 is 0. The van der Waals surface area contributed by atoms with E-state index in [1.165, 1.54) is 62.7 Å². The molecule has 1 saturated carbocycles. The second kappa shape index (κ2) is 23.2. The number of aliphatic hydroxyl groups excluding tert-OH is 1. The summed E-state index contributed by atoms with van der Waals surface area (Å²) in [6.45, 7) is 25.0. The van der Waals surface area contributed by atoms with Crippen LogP contribution in [-0.4, -0.2) is 86.1 Å². The summed E-state index contributed by atoms with van der Waals surface area (Å²) in [5.41, 5.74) is 8.73. The molecule has 0 radical (unpaired) electrons. The fourth-order valence-corrected chi connectivity index (χ4v) is 6.88. The molecule has 5 rings (SSSR count). The highest BCUT2D eigenvalue weighted by molar-refractivity contribution is 5.54. The minimum Gasteiger partial charge on any atom is -0.391 e. The summed E-state index contributed by atoms with van der Waals surface area (Å²) in [4.78, 5) is 2.80. The zero-order valence-corrected chi connectivity index (χ0v) is 30.6. The second-order valence-electron chi connectivity index (χ2n) is 14.4. The van der Waals surface area contributed by atoms with Gasteiger partial charge in [0, 0.05) is 56.4 Å². The number of piperidine rings is 1. The van der Waals surface area contributed by atoms with Crippen molar-refractivity contribution in [2.24, 2.45) is 17.6 Å². The van der Waals surface area contributed by atoms with Crippen LogP contribution in [0.4, 0.5) is 5.69 Å². The van der Waals surface area contributed by atoms with E-state index in [1.54, 1.807) is 0 Å². The summed E-state index contributed by atoms with van der Waals surface area (Å²) in [5, 5.41) is 24.9. The number of anilines is 1. The standard InChI is InChI=1S/C29H51N5O.C7H8.C2H7N.C2H4/c1-29(2,3)32-19-25-17-22-9-4-5-11-24(22)21-34(25)16-8-13-30-14-15-31-20-27-28(35)18-23-10-6-7-12-26(23)33-27;1-7-5-3-2-4-6-7;1-2-3;1-2/h6-7,10,12,22,24-25,27-28,30-33,35H,4-5,8-9,11,13-21H2,1-3H3;2-6H,1H3;2-3H2,1H3;1-2H2. The molecule has 2 aliphatic heterocycles. The average Bonchev–Trinajstić information content (AvgIpc) is 3.06. The number of para-hydroxylation sites is 1. The van der Waals surface area contributed by atoms with Gasteiger partial charge in [-0.05, 0) is 90.1 Å². The summed E-state index contributed by atoms with van der Waals surface area (Å²) in [5.74, 6) is 1.89. The first kappa shape index (κ1) is 40.9. The van der Waals surface area contributed by atoms with Crippen LogP contribution in [-0.2, 0) is 6.42 Å². The van der Waals surface area contributed by atoms with Crippen molar-refractivity contribution >= 4 is 5.69 Å². The highest BCUT2D eigenvalue weighted by atomic mass is 16.3. The minimum atomic E-state index is -0.334. The molecule has 3 aliphatic rings. The van der Waals surface area contributed by atoms with Gasteiger partial charge in [0.2, 0.25) is 0 Å². The van der Waals surface area contributed by atoms with Crippen molar-refractivity contribution in [2.45, 2.75) is 103 Å². The van der Waals surface area contributed by atoms with E-state index >= 15 is 0 Å². The van der Waals surface area contributed by atoms with Gasteiger partial charge in [0.1, 0.15) is 0 Å². The topological polar surface area (TPSA) is 97.6 Å². The predicted molar refractivity (Wildman–Crippen MR) is 204 cm³/mol. The van der Waals surface area contributed by atoms with Crippen LogP contribution in [0.2, 0.25) is 0 Å². The molecule has 7 N–H and O–H groups in total. The molecule has 47 heavy (non-hydrogen) atoms. The van der Waals surface area contributed by atoms with Gasteiger partial charge in [-0.25, -0.2) is 0 Å². The molecule has 7 heteroatoms. The number of nitrogens with one attached hydrogen (secondary N) is 4. The molecule has 0 amide bonds. The zero-order chi connectivity index (χ0) is 34.5. The Kier molecular flexibility index (Phi) is 20.2. The van der Waals surface area contributed by atoms with Crippen molar-refractivity contribution in [2.75, 3.05) is 57.7 Å². The maximum atomic E-state index is 10.5. The molecule has 2 aromatic rings. The summed E-state index contributed by atoms with van der Waals surface area (Å²) in [6.07, 6.45) is 8.78. The molecule has 1 aliphatic carbocycles. The fraction of sp³-hybridized carbons (Fsp3) is 0.650. The predicted octanol–water partition coefficient (Wildman–Crippen LogP) is 5.98. The smallest absolute Gasteiger partial charge is 0.0794 e. The molecule has 2 heterocycles. The van der Waals surface area contributed by atoms with E-state index in [9.17, 15) is 5.11 Å². The lowest BCUT2D eigenvalue weighted by Gasteiger charge is -2.47. The number of benzene rings is 2. The molecule has 0 spiro atoms. The first-order valence-corrected chi connectivity index (χ1v) is 18.3. The largest absolute Gasteiger partial charge is 0.391 e. The maximum Gasteiger partial charge on any atom is 0.0794 e. The Hall–Kier alpha value is -2.26. The Morgan fingerprint density at radius 3 is 2.21 bits per heavy atom. The molecule has 0 bridgehead atoms. The van der Waals surface area contributed by atoms with Gasteiger partial charge in [-0.1, -0.05) is 80.3 Å². The van der Waals surface area contributed by atoms with E-state index in [-0.39, 0.29) is 17.7 Å². The highest BCUT2D eigenvalue weighted by Gasteiger charge is 2.36. The number of aryl methyl sites for hydroxylation is 1. The average molecular weight is 651 g/mol. The molecule has 1 saturated heterocycles. The van der Waals surface area contributed by atoms with Crippen LogP contribution in [0.1, 0.15) is 77.3 Å². The van der Waals surface area contributed by atoms with Gasteiger partial charge in [-0.15, -0.1) is 13.2 Å². The molecule has 0 aromatic heterocycles. The summed E-state index contributed by atoms with van der Waals surface area (Å²) < 4.78 is 0.